The molecule has 158 valence electrons. The lowest BCUT2D eigenvalue weighted by molar-refractivity contribution is -0.132. The predicted octanol–water partition coefficient (Wildman–Crippen LogP) is 3.60. The second kappa shape index (κ2) is 9.08. The summed E-state index contributed by atoms with van der Waals surface area (Å²) >= 11 is 0. The molecule has 30 heavy (non-hydrogen) atoms. The predicted molar refractivity (Wildman–Crippen MR) is 108 cm³/mol. The highest BCUT2D eigenvalue weighted by molar-refractivity contribution is 6.07. The third-order valence-corrected chi connectivity index (χ3v) is 5.46. The maximum Gasteiger partial charge on any atom is 0.387 e. The second-order valence-electron chi connectivity index (χ2n) is 7.35. The Morgan fingerprint density at radius 3 is 2.83 bits per heavy atom. The van der Waals surface area contributed by atoms with E-state index in [1.807, 2.05) is 24.3 Å². The summed E-state index contributed by atoms with van der Waals surface area (Å²) < 4.78 is 29.5. The minimum atomic E-state index is -2.91. The van der Waals surface area contributed by atoms with Crippen molar-refractivity contribution in [2.45, 2.75) is 44.3 Å². The van der Waals surface area contributed by atoms with Crippen molar-refractivity contribution < 1.29 is 18.3 Å². The number of benzene rings is 1. The van der Waals surface area contributed by atoms with Gasteiger partial charge in [0.05, 0.1) is 6.07 Å². The number of halogens is 2. The highest BCUT2D eigenvalue weighted by atomic mass is 19.3. The number of guanidine groups is 1. The molecule has 8 heteroatoms. The highest BCUT2D eigenvalue weighted by Gasteiger charge is 2.52. The third-order valence-electron chi connectivity index (χ3n) is 5.46. The van der Waals surface area contributed by atoms with Gasteiger partial charge in [-0.25, -0.2) is 4.99 Å². The van der Waals surface area contributed by atoms with E-state index in [0.29, 0.717) is 18.4 Å². The van der Waals surface area contributed by atoms with Crippen LogP contribution in [0.25, 0.3) is 0 Å². The molecule has 0 bridgehead atoms. The molecule has 0 aromatic heterocycles. The largest absolute Gasteiger partial charge is 0.435 e. The smallest absolute Gasteiger partial charge is 0.387 e. The lowest BCUT2D eigenvalue weighted by atomic mass is 9.74. The molecular formula is C22H24F2N4O2. The van der Waals surface area contributed by atoms with Gasteiger partial charge in [0.25, 0.3) is 5.91 Å². The zero-order valence-corrected chi connectivity index (χ0v) is 16.7. The normalized spacial score (nSPS) is 23.4. The number of hydrogen-bond acceptors (Lipinski definition) is 5. The molecule has 2 N–H and O–H groups in total. The van der Waals surface area contributed by atoms with Gasteiger partial charge in [-0.3, -0.25) is 9.69 Å². The van der Waals surface area contributed by atoms with Crippen molar-refractivity contribution in [1.82, 2.24) is 4.90 Å². The number of nitrogens with two attached hydrogens (primary N) is 1. The Morgan fingerprint density at radius 1 is 1.43 bits per heavy atom. The summed E-state index contributed by atoms with van der Waals surface area (Å²) in [7, 11) is 1.57. The van der Waals surface area contributed by atoms with Gasteiger partial charge >= 0.3 is 6.61 Å². The summed E-state index contributed by atoms with van der Waals surface area (Å²) in [6, 6.07) is 9.78. The van der Waals surface area contributed by atoms with Crippen molar-refractivity contribution in [2.75, 3.05) is 7.05 Å². The Bertz CT molecular complexity index is 935. The molecule has 6 nitrogen and oxygen atoms in total. The first-order chi connectivity index (χ1) is 14.4. The molecule has 0 fully saturated rings. The number of unbranched alkanes of at least 4 members (excludes halogenated alkanes) is 2. The topological polar surface area (TPSA) is 91.7 Å². The van der Waals surface area contributed by atoms with E-state index < -0.39 is 18.1 Å². The average Bonchev–Trinajstić information content (AvgIpc) is 2.96. The van der Waals surface area contributed by atoms with E-state index in [0.717, 1.165) is 24.8 Å². The van der Waals surface area contributed by atoms with E-state index in [9.17, 15) is 13.6 Å². The first kappa shape index (κ1) is 21.5. The Kier molecular flexibility index (Phi) is 6.50. The van der Waals surface area contributed by atoms with Gasteiger partial charge in [-0.2, -0.15) is 14.0 Å². The van der Waals surface area contributed by atoms with Gasteiger partial charge in [0.15, 0.2) is 11.5 Å². The van der Waals surface area contributed by atoms with Crippen molar-refractivity contribution in [3.63, 3.8) is 0 Å². The van der Waals surface area contributed by atoms with Gasteiger partial charge < -0.3 is 10.5 Å². The quantitative estimate of drug-likeness (QED) is 0.658. The molecule has 1 aliphatic heterocycles. The third kappa shape index (κ3) is 4.20. The molecular weight excluding hydrogens is 390 g/mol. The van der Waals surface area contributed by atoms with Crippen molar-refractivity contribution in [1.29, 1.82) is 5.26 Å². The second-order valence-corrected chi connectivity index (χ2v) is 7.35. The van der Waals surface area contributed by atoms with Crippen LogP contribution >= 0.6 is 0 Å². The fraction of sp³-hybridized carbons (Fsp3) is 0.409. The molecule has 1 amide bonds. The highest BCUT2D eigenvalue weighted by Crippen LogP contribution is 2.43. The number of carbonyl (C=O) groups excluding carboxylic acids is 1. The standard InChI is InChI=1S/C22H24F2N4O2/c1-28-19(29)22(27-21(28)26,16-9-11-18(12-10-16)30-20(23)24)17-8-5-7-15(14-17)6-3-2-4-13-25/h5,7-9,11-12,14,16,20H,2-4,6,10H2,1H3,(H2,26,27). The lowest BCUT2D eigenvalue weighted by Gasteiger charge is -2.33. The summed E-state index contributed by atoms with van der Waals surface area (Å²) in [5, 5.41) is 8.69. The number of nitriles is 1. The first-order valence-electron chi connectivity index (χ1n) is 9.81. The van der Waals surface area contributed by atoms with Gasteiger partial charge in [0.2, 0.25) is 0 Å². The van der Waals surface area contributed by atoms with Crippen LogP contribution in [0.2, 0.25) is 0 Å². The number of likely N-dealkylation sites (N-methyl/N-ethyl adjacent to an activating group) is 1. The van der Waals surface area contributed by atoms with Crippen LogP contribution in [0.15, 0.2) is 53.2 Å². The van der Waals surface area contributed by atoms with Crippen LogP contribution in [-0.2, 0) is 21.5 Å². The Morgan fingerprint density at radius 2 is 2.23 bits per heavy atom. The number of aliphatic imine (C=N–C) groups is 1. The number of amides is 1. The Hall–Kier alpha value is -3.21. The van der Waals surface area contributed by atoms with Crippen LogP contribution in [0, 0.1) is 17.2 Å². The molecule has 3 rings (SSSR count). The molecule has 0 saturated heterocycles. The zero-order valence-electron chi connectivity index (χ0n) is 16.7. The number of carbonyl (C=O) groups is 1. The number of rotatable bonds is 8. The van der Waals surface area contributed by atoms with E-state index in [1.54, 1.807) is 19.2 Å². The molecule has 0 spiro atoms. The van der Waals surface area contributed by atoms with Crippen LogP contribution in [0.3, 0.4) is 0 Å². The number of ether oxygens (including phenoxy) is 1. The first-order valence-corrected chi connectivity index (χ1v) is 9.81. The lowest BCUT2D eigenvalue weighted by Crippen LogP contribution is -2.44. The van der Waals surface area contributed by atoms with Crippen LogP contribution in [0.4, 0.5) is 8.78 Å². The molecule has 1 aromatic carbocycles. The number of allylic oxidation sites excluding steroid dienone is 2. The van der Waals surface area contributed by atoms with E-state index in [1.165, 1.54) is 11.0 Å². The SMILES string of the molecule is CN1C(=O)C(c2cccc(CCCCC#N)c2)(C2C=CC(OC(F)F)=CC2)N=C1N. The molecule has 1 aliphatic carbocycles. The van der Waals surface area contributed by atoms with Crippen LogP contribution in [0.1, 0.15) is 36.8 Å². The fourth-order valence-corrected chi connectivity index (χ4v) is 3.90. The van der Waals surface area contributed by atoms with Gasteiger partial charge in [-0.05, 0) is 49.0 Å². The average molecular weight is 414 g/mol. The molecule has 0 radical (unpaired) electrons. The number of hydrogen-bond donors (Lipinski definition) is 1. The van der Waals surface area contributed by atoms with Crippen molar-refractivity contribution in [3.8, 4) is 6.07 Å². The van der Waals surface area contributed by atoms with Crippen molar-refractivity contribution >= 4 is 11.9 Å². The van der Waals surface area contributed by atoms with Crippen molar-refractivity contribution in [3.05, 3.63) is 59.4 Å². The summed E-state index contributed by atoms with van der Waals surface area (Å²) in [6.45, 7) is -2.91. The summed E-state index contributed by atoms with van der Waals surface area (Å²) in [6.07, 6.45) is 7.95. The molecule has 2 unspecified atom stereocenters. The number of nitrogens with zero attached hydrogens (tertiary/aromatic N) is 3. The monoisotopic (exact) mass is 414 g/mol. The van der Waals surface area contributed by atoms with E-state index >= 15 is 0 Å². The molecule has 2 aliphatic rings. The number of aryl methyl sites for hydroxylation is 1. The van der Waals surface area contributed by atoms with Gasteiger partial charge in [-0.1, -0.05) is 30.3 Å². The molecule has 0 saturated carbocycles. The summed E-state index contributed by atoms with van der Waals surface area (Å²) in [5.74, 6) is -0.472. The maximum absolute atomic E-state index is 13.3. The van der Waals surface area contributed by atoms with E-state index in [2.05, 4.69) is 15.8 Å². The summed E-state index contributed by atoms with van der Waals surface area (Å²) in [5.41, 5.74) is 6.48. The zero-order chi connectivity index (χ0) is 21.7. The fourth-order valence-electron chi connectivity index (χ4n) is 3.90. The Balaban J connectivity index is 1.92. The number of alkyl halides is 2. The van der Waals surface area contributed by atoms with E-state index in [4.69, 9.17) is 11.0 Å². The van der Waals surface area contributed by atoms with Crippen LogP contribution in [-0.4, -0.2) is 30.4 Å². The van der Waals surface area contributed by atoms with Gasteiger partial charge in [0.1, 0.15) is 5.76 Å². The van der Waals surface area contributed by atoms with Crippen molar-refractivity contribution in [2.24, 2.45) is 16.6 Å². The Labute approximate surface area is 174 Å². The molecule has 1 aromatic rings. The molecule has 2 atom stereocenters. The van der Waals surface area contributed by atoms with E-state index in [-0.39, 0.29) is 17.6 Å². The summed E-state index contributed by atoms with van der Waals surface area (Å²) in [4.78, 5) is 19.2. The van der Waals surface area contributed by atoms with Gasteiger partial charge in [0, 0.05) is 19.4 Å². The van der Waals surface area contributed by atoms with Crippen LogP contribution < -0.4 is 5.73 Å². The maximum atomic E-state index is 13.3. The van der Waals surface area contributed by atoms with Crippen LogP contribution in [0.5, 0.6) is 0 Å². The minimum Gasteiger partial charge on any atom is -0.435 e. The minimum absolute atomic E-state index is 0.0680. The molecule has 1 heterocycles. The van der Waals surface area contributed by atoms with Gasteiger partial charge in [-0.15, -0.1) is 0 Å².